The van der Waals surface area contributed by atoms with Crippen LogP contribution >= 0.6 is 12.6 Å². The molecule has 1 rings (SSSR count). The van der Waals surface area contributed by atoms with Crippen molar-refractivity contribution in [1.29, 1.82) is 0 Å². The van der Waals surface area contributed by atoms with Gasteiger partial charge in [-0.1, -0.05) is 33.1 Å². The quantitative estimate of drug-likeness (QED) is 0.737. The van der Waals surface area contributed by atoms with Gasteiger partial charge in [-0.2, -0.15) is 21.4 Å². The van der Waals surface area contributed by atoms with Gasteiger partial charge in [0, 0.05) is 11.7 Å². The van der Waals surface area contributed by atoms with Crippen molar-refractivity contribution in [2.45, 2.75) is 69.6 Å². The molecule has 2 nitrogen and oxygen atoms in total. The number of halogens is 2. The van der Waals surface area contributed by atoms with E-state index in [1.165, 1.54) is 6.42 Å². The third-order valence-electron chi connectivity index (χ3n) is 3.83. The molecule has 0 spiro atoms. The zero-order valence-corrected chi connectivity index (χ0v) is 12.6. The maximum absolute atomic E-state index is 13.8. The van der Waals surface area contributed by atoms with Crippen LogP contribution in [0.3, 0.4) is 0 Å². The second-order valence-electron chi connectivity index (χ2n) is 6.08. The minimum absolute atomic E-state index is 0.186. The van der Waals surface area contributed by atoms with Crippen LogP contribution in [-0.4, -0.2) is 23.0 Å². The lowest BCUT2D eigenvalue weighted by Gasteiger charge is -2.31. The maximum atomic E-state index is 13.8. The molecule has 0 aromatic carbocycles. The normalized spacial score (nSPS) is 21.4. The van der Waals surface area contributed by atoms with Crippen LogP contribution in [-0.2, 0) is 4.79 Å². The van der Waals surface area contributed by atoms with Crippen LogP contribution in [0.15, 0.2) is 0 Å². The summed E-state index contributed by atoms with van der Waals surface area (Å²) in [5.74, 6) is -4.53. The minimum atomic E-state index is -3.33. The monoisotopic (exact) mass is 293 g/mol. The van der Waals surface area contributed by atoms with Gasteiger partial charge in [0.1, 0.15) is 0 Å². The summed E-state index contributed by atoms with van der Waals surface area (Å²) in [6, 6.07) is -1.17. The Labute approximate surface area is 119 Å². The molecule has 2 N–H and O–H groups in total. The average molecular weight is 293 g/mol. The summed E-state index contributed by atoms with van der Waals surface area (Å²) in [5, 5.41) is -0.453. The molecule has 112 valence electrons. The third-order valence-corrected chi connectivity index (χ3v) is 4.57. The third kappa shape index (κ3) is 4.71. The zero-order chi connectivity index (χ0) is 14.6. The Morgan fingerprint density at radius 3 is 2.32 bits per heavy atom. The molecule has 1 aliphatic carbocycles. The van der Waals surface area contributed by atoms with E-state index in [0.717, 1.165) is 25.7 Å². The molecule has 0 aromatic heterocycles. The first-order valence-electron chi connectivity index (χ1n) is 7.11. The number of nitrogens with two attached hydrogens (primary N) is 1. The Hall–Kier alpha value is -0.160. The summed E-state index contributed by atoms with van der Waals surface area (Å²) in [5.41, 5.74) is 5.75. The molecule has 5 heteroatoms. The van der Waals surface area contributed by atoms with Crippen molar-refractivity contribution in [2.75, 3.05) is 0 Å². The van der Waals surface area contributed by atoms with Gasteiger partial charge in [-0.15, -0.1) is 0 Å². The zero-order valence-electron chi connectivity index (χ0n) is 11.7. The van der Waals surface area contributed by atoms with Gasteiger partial charge < -0.3 is 5.73 Å². The van der Waals surface area contributed by atoms with Gasteiger partial charge in [-0.25, -0.2) is 0 Å². The number of alkyl halides is 2. The summed E-state index contributed by atoms with van der Waals surface area (Å²) >= 11 is 4.35. The molecular weight excluding hydrogens is 268 g/mol. The van der Waals surface area contributed by atoms with Crippen LogP contribution < -0.4 is 5.73 Å². The summed E-state index contributed by atoms with van der Waals surface area (Å²) < 4.78 is 27.6. The minimum Gasteiger partial charge on any atom is -0.320 e. The molecule has 0 radical (unpaired) electrons. The highest BCUT2D eigenvalue weighted by Crippen LogP contribution is 2.33. The lowest BCUT2D eigenvalue weighted by atomic mass is 9.82. The summed E-state index contributed by atoms with van der Waals surface area (Å²) in [4.78, 5) is 11.9. The summed E-state index contributed by atoms with van der Waals surface area (Å²) in [6.45, 7) is 3.35. The molecule has 2 atom stereocenters. The number of carbonyl (C=O) groups is 1. The SMILES string of the molecule is CC(C)CC(F)(F)C(=O)C(N)C(S)C1CCCCC1. The van der Waals surface area contributed by atoms with Gasteiger partial charge in [-0.05, 0) is 24.7 Å². The first kappa shape index (κ1) is 16.9. The molecule has 0 heterocycles. The van der Waals surface area contributed by atoms with Crippen molar-refractivity contribution in [1.82, 2.24) is 0 Å². The number of Topliss-reactive ketones (excluding diaryl/α,β-unsaturated/α-hetero) is 1. The number of hydrogen-bond acceptors (Lipinski definition) is 3. The number of thiol groups is 1. The lowest BCUT2D eigenvalue weighted by Crippen LogP contribution is -2.50. The molecule has 0 aromatic rings. The Kier molecular flexibility index (Phi) is 6.24. The largest absolute Gasteiger partial charge is 0.320 e. The number of ketones is 1. The van der Waals surface area contributed by atoms with E-state index >= 15 is 0 Å². The number of hydrogen-bond donors (Lipinski definition) is 2. The van der Waals surface area contributed by atoms with Crippen molar-refractivity contribution in [2.24, 2.45) is 17.6 Å². The van der Waals surface area contributed by atoms with Crippen molar-refractivity contribution < 1.29 is 13.6 Å². The standard InChI is InChI=1S/C14H25F2NOS/c1-9(2)8-14(15,16)13(18)11(17)12(19)10-6-4-3-5-7-10/h9-12,19H,3-8,17H2,1-2H3. The van der Waals surface area contributed by atoms with Crippen LogP contribution in [0, 0.1) is 11.8 Å². The molecule has 1 saturated carbocycles. The molecule has 1 aliphatic rings. The number of carbonyl (C=O) groups excluding carboxylic acids is 1. The Bertz CT molecular complexity index is 304. The first-order chi connectivity index (χ1) is 8.75. The van der Waals surface area contributed by atoms with Gasteiger partial charge in [0.25, 0.3) is 0 Å². The van der Waals surface area contributed by atoms with Gasteiger partial charge in [0.05, 0.1) is 6.04 Å². The van der Waals surface area contributed by atoms with Gasteiger partial charge in [-0.3, -0.25) is 4.79 Å². The predicted octanol–water partition coefficient (Wildman–Crippen LogP) is 3.44. The second kappa shape index (κ2) is 7.02. The highest BCUT2D eigenvalue weighted by molar-refractivity contribution is 7.81. The van der Waals surface area contributed by atoms with E-state index in [2.05, 4.69) is 12.6 Å². The summed E-state index contributed by atoms with van der Waals surface area (Å²) in [7, 11) is 0. The van der Waals surface area contributed by atoms with Crippen LogP contribution in [0.25, 0.3) is 0 Å². The fourth-order valence-corrected chi connectivity index (χ4v) is 3.21. The first-order valence-corrected chi connectivity index (χ1v) is 7.63. The molecule has 2 unspecified atom stereocenters. The van der Waals surface area contributed by atoms with Crippen LogP contribution in [0.1, 0.15) is 52.4 Å². The maximum Gasteiger partial charge on any atom is 0.307 e. The van der Waals surface area contributed by atoms with E-state index in [0.29, 0.717) is 0 Å². The van der Waals surface area contributed by atoms with Crippen molar-refractivity contribution >= 4 is 18.4 Å². The van der Waals surface area contributed by atoms with Crippen molar-refractivity contribution in [3.8, 4) is 0 Å². The Morgan fingerprint density at radius 2 is 1.84 bits per heavy atom. The molecule has 0 saturated heterocycles. The summed E-state index contributed by atoms with van der Waals surface area (Å²) in [6.07, 6.45) is 4.75. The smallest absolute Gasteiger partial charge is 0.307 e. The van der Waals surface area contributed by atoms with Gasteiger partial charge >= 0.3 is 5.92 Å². The predicted molar refractivity (Wildman–Crippen MR) is 76.7 cm³/mol. The Balaban J connectivity index is 2.64. The molecule has 0 bridgehead atoms. The van der Waals surface area contributed by atoms with E-state index in [9.17, 15) is 13.6 Å². The molecular formula is C14H25F2NOS. The molecule has 1 fully saturated rings. The van der Waals surface area contributed by atoms with Crippen molar-refractivity contribution in [3.05, 3.63) is 0 Å². The molecule has 0 amide bonds. The fourth-order valence-electron chi connectivity index (χ4n) is 2.78. The lowest BCUT2D eigenvalue weighted by molar-refractivity contribution is -0.147. The van der Waals surface area contributed by atoms with E-state index in [4.69, 9.17) is 5.73 Å². The van der Waals surface area contributed by atoms with E-state index < -0.39 is 29.4 Å². The highest BCUT2D eigenvalue weighted by Gasteiger charge is 2.44. The Morgan fingerprint density at radius 1 is 1.32 bits per heavy atom. The van der Waals surface area contributed by atoms with Crippen molar-refractivity contribution in [3.63, 3.8) is 0 Å². The van der Waals surface area contributed by atoms with Gasteiger partial charge in [0.2, 0.25) is 5.78 Å². The van der Waals surface area contributed by atoms with Gasteiger partial charge in [0.15, 0.2) is 0 Å². The second-order valence-corrected chi connectivity index (χ2v) is 6.68. The van der Waals surface area contributed by atoms with Crippen LogP contribution in [0.2, 0.25) is 0 Å². The average Bonchev–Trinajstić information content (AvgIpc) is 2.35. The van der Waals surface area contributed by atoms with E-state index in [1.807, 2.05) is 0 Å². The molecule has 19 heavy (non-hydrogen) atoms. The fraction of sp³-hybridized carbons (Fsp3) is 0.929. The topological polar surface area (TPSA) is 43.1 Å². The molecule has 0 aliphatic heterocycles. The number of rotatable bonds is 6. The van der Waals surface area contributed by atoms with E-state index in [1.54, 1.807) is 13.8 Å². The van der Waals surface area contributed by atoms with E-state index in [-0.39, 0.29) is 11.8 Å². The van der Waals surface area contributed by atoms with Crippen LogP contribution in [0.5, 0.6) is 0 Å². The van der Waals surface area contributed by atoms with Crippen LogP contribution in [0.4, 0.5) is 8.78 Å². The highest BCUT2D eigenvalue weighted by atomic mass is 32.1.